The van der Waals surface area contributed by atoms with Crippen LogP contribution in [-0.4, -0.2) is 53.4 Å². The van der Waals surface area contributed by atoms with Crippen LogP contribution in [0.3, 0.4) is 0 Å². The van der Waals surface area contributed by atoms with Crippen molar-refractivity contribution >= 4 is 17.7 Å². The van der Waals surface area contributed by atoms with Crippen LogP contribution in [-0.2, 0) is 4.79 Å². The van der Waals surface area contributed by atoms with Gasteiger partial charge < -0.3 is 15.3 Å². The summed E-state index contributed by atoms with van der Waals surface area (Å²) in [5.74, 6) is 2.24. The van der Waals surface area contributed by atoms with Gasteiger partial charge >= 0.3 is 5.97 Å². The van der Waals surface area contributed by atoms with Gasteiger partial charge in [0.25, 0.3) is 0 Å². The first-order valence-corrected chi connectivity index (χ1v) is 12.8. The van der Waals surface area contributed by atoms with E-state index in [4.69, 9.17) is 0 Å². The lowest BCUT2D eigenvalue weighted by molar-refractivity contribution is -0.140. The van der Waals surface area contributed by atoms with Crippen LogP contribution in [0.15, 0.2) is 29.2 Å². The SMILES string of the molecule is Cc1ccc(SCCC2CCN(C[C@@H]3CCC(NC(C(=O)O)C(C)C)C3)CC2)cc1. The molecule has 2 aliphatic rings. The van der Waals surface area contributed by atoms with E-state index in [9.17, 15) is 9.90 Å². The number of likely N-dealkylation sites (tertiary alicyclic amines) is 1. The molecule has 1 heterocycles. The van der Waals surface area contributed by atoms with Crippen molar-refractivity contribution in [3.05, 3.63) is 29.8 Å². The van der Waals surface area contributed by atoms with E-state index in [0.29, 0.717) is 6.04 Å². The molecule has 0 radical (unpaired) electrons. The van der Waals surface area contributed by atoms with Gasteiger partial charge in [-0.25, -0.2) is 0 Å². The first-order chi connectivity index (χ1) is 14.4. The summed E-state index contributed by atoms with van der Waals surface area (Å²) in [6, 6.07) is 8.85. The van der Waals surface area contributed by atoms with Crippen molar-refractivity contribution in [1.29, 1.82) is 0 Å². The molecule has 1 aromatic carbocycles. The van der Waals surface area contributed by atoms with Crippen molar-refractivity contribution in [3.63, 3.8) is 0 Å². The molecule has 5 heteroatoms. The molecule has 0 aromatic heterocycles. The molecule has 1 saturated carbocycles. The molecule has 1 aliphatic heterocycles. The molecule has 2 fully saturated rings. The Bertz CT molecular complexity index is 656. The Labute approximate surface area is 187 Å². The molecule has 3 atom stereocenters. The third-order valence-corrected chi connectivity index (χ3v) is 7.97. The molecule has 4 nitrogen and oxygen atoms in total. The number of thioether (sulfide) groups is 1. The maximum atomic E-state index is 11.5. The van der Waals surface area contributed by atoms with Crippen molar-refractivity contribution in [2.75, 3.05) is 25.4 Å². The molecular weight excluding hydrogens is 392 g/mol. The van der Waals surface area contributed by atoms with E-state index in [1.807, 2.05) is 25.6 Å². The highest BCUT2D eigenvalue weighted by Crippen LogP contribution is 2.30. The van der Waals surface area contributed by atoms with E-state index < -0.39 is 12.0 Å². The van der Waals surface area contributed by atoms with Crippen molar-refractivity contribution in [3.8, 4) is 0 Å². The number of nitrogens with one attached hydrogen (secondary N) is 1. The molecule has 0 bridgehead atoms. The second kappa shape index (κ2) is 11.5. The summed E-state index contributed by atoms with van der Waals surface area (Å²) < 4.78 is 0. The van der Waals surface area contributed by atoms with E-state index in [1.54, 1.807) is 0 Å². The molecule has 0 spiro atoms. The number of piperidine rings is 1. The van der Waals surface area contributed by atoms with Gasteiger partial charge in [-0.1, -0.05) is 31.5 Å². The normalized spacial score (nSPS) is 24.4. The number of aliphatic carboxylic acids is 1. The average Bonchev–Trinajstić information content (AvgIpc) is 3.15. The van der Waals surface area contributed by atoms with Crippen molar-refractivity contribution < 1.29 is 9.90 Å². The van der Waals surface area contributed by atoms with Gasteiger partial charge in [-0.05, 0) is 94.2 Å². The number of hydrogen-bond acceptors (Lipinski definition) is 4. The van der Waals surface area contributed by atoms with Crippen LogP contribution in [0.4, 0.5) is 0 Å². The zero-order valence-electron chi connectivity index (χ0n) is 19.0. The average molecular weight is 433 g/mol. The Kier molecular flexibility index (Phi) is 9.09. The molecule has 2 unspecified atom stereocenters. The quantitative estimate of drug-likeness (QED) is 0.506. The van der Waals surface area contributed by atoms with Gasteiger partial charge in [0.2, 0.25) is 0 Å². The first kappa shape index (κ1) is 23.6. The predicted octanol–water partition coefficient (Wildman–Crippen LogP) is 5.06. The van der Waals surface area contributed by atoms with Crippen molar-refractivity contribution in [1.82, 2.24) is 10.2 Å². The van der Waals surface area contributed by atoms with Gasteiger partial charge in [0.15, 0.2) is 0 Å². The zero-order valence-corrected chi connectivity index (χ0v) is 19.8. The summed E-state index contributed by atoms with van der Waals surface area (Å²) >= 11 is 2.00. The van der Waals surface area contributed by atoms with E-state index in [0.717, 1.165) is 24.7 Å². The lowest BCUT2D eigenvalue weighted by Crippen LogP contribution is -2.45. The number of carboxylic acid groups (broad SMARTS) is 1. The third-order valence-electron chi connectivity index (χ3n) is 6.93. The molecule has 168 valence electrons. The molecule has 30 heavy (non-hydrogen) atoms. The fourth-order valence-electron chi connectivity index (χ4n) is 5.00. The highest BCUT2D eigenvalue weighted by Gasteiger charge is 2.31. The molecule has 2 N–H and O–H groups in total. The van der Waals surface area contributed by atoms with E-state index in [1.165, 1.54) is 61.5 Å². The highest BCUT2D eigenvalue weighted by atomic mass is 32.2. The summed E-state index contributed by atoms with van der Waals surface area (Å²) in [4.78, 5) is 15.5. The van der Waals surface area contributed by atoms with Crippen LogP contribution < -0.4 is 5.32 Å². The van der Waals surface area contributed by atoms with Gasteiger partial charge in [-0.15, -0.1) is 11.8 Å². The fourth-order valence-corrected chi connectivity index (χ4v) is 6.01. The summed E-state index contributed by atoms with van der Waals surface area (Å²) in [7, 11) is 0. The van der Waals surface area contributed by atoms with Crippen LogP contribution >= 0.6 is 11.8 Å². The number of hydrogen-bond donors (Lipinski definition) is 2. The van der Waals surface area contributed by atoms with Gasteiger partial charge in [0, 0.05) is 17.5 Å². The van der Waals surface area contributed by atoms with E-state index >= 15 is 0 Å². The summed E-state index contributed by atoms with van der Waals surface area (Å²) in [5.41, 5.74) is 1.33. The van der Waals surface area contributed by atoms with Crippen LogP contribution in [0.5, 0.6) is 0 Å². The smallest absolute Gasteiger partial charge is 0.320 e. The number of benzene rings is 1. The Hall–Kier alpha value is -1.04. The molecule has 1 aromatic rings. The van der Waals surface area contributed by atoms with Crippen LogP contribution in [0, 0.1) is 24.7 Å². The van der Waals surface area contributed by atoms with Gasteiger partial charge in [-0.2, -0.15) is 0 Å². The Morgan fingerprint density at radius 2 is 1.83 bits per heavy atom. The Morgan fingerprint density at radius 3 is 2.47 bits per heavy atom. The van der Waals surface area contributed by atoms with Crippen molar-refractivity contribution in [2.45, 2.75) is 76.3 Å². The molecule has 0 amide bonds. The minimum absolute atomic E-state index is 0.129. The highest BCUT2D eigenvalue weighted by molar-refractivity contribution is 7.99. The number of aryl methyl sites for hydroxylation is 1. The summed E-state index contributed by atoms with van der Waals surface area (Å²) in [6.45, 7) is 9.78. The lowest BCUT2D eigenvalue weighted by atomic mass is 9.93. The maximum Gasteiger partial charge on any atom is 0.320 e. The summed E-state index contributed by atoms with van der Waals surface area (Å²) in [6.07, 6.45) is 7.47. The van der Waals surface area contributed by atoms with Gasteiger partial charge in [0.1, 0.15) is 6.04 Å². The largest absolute Gasteiger partial charge is 0.480 e. The van der Waals surface area contributed by atoms with Gasteiger partial charge in [0.05, 0.1) is 0 Å². The second-order valence-electron chi connectivity index (χ2n) is 9.80. The standard InChI is InChI=1S/C25H40N2O2S/c1-18(2)24(25(28)29)26-22-7-6-21(16-22)17-27-13-10-20(11-14-27)12-15-30-23-8-4-19(3)5-9-23/h4-5,8-9,18,20-22,24,26H,6-7,10-17H2,1-3H3,(H,28,29)/t21-,22?,24?/m1/s1. The first-order valence-electron chi connectivity index (χ1n) is 11.8. The number of carbonyl (C=O) groups is 1. The monoisotopic (exact) mass is 432 g/mol. The Balaban J connectivity index is 1.31. The van der Waals surface area contributed by atoms with Gasteiger partial charge in [-0.3, -0.25) is 4.79 Å². The van der Waals surface area contributed by atoms with Crippen LogP contribution in [0.25, 0.3) is 0 Å². The topological polar surface area (TPSA) is 52.6 Å². The lowest BCUT2D eigenvalue weighted by Gasteiger charge is -2.33. The molecule has 1 saturated heterocycles. The van der Waals surface area contributed by atoms with Crippen LogP contribution in [0.2, 0.25) is 0 Å². The van der Waals surface area contributed by atoms with E-state index in [-0.39, 0.29) is 5.92 Å². The number of nitrogens with zero attached hydrogens (tertiary/aromatic N) is 1. The Morgan fingerprint density at radius 1 is 1.13 bits per heavy atom. The number of carboxylic acids is 1. The van der Waals surface area contributed by atoms with Crippen molar-refractivity contribution in [2.24, 2.45) is 17.8 Å². The maximum absolute atomic E-state index is 11.5. The minimum Gasteiger partial charge on any atom is -0.480 e. The molecular formula is C25H40N2O2S. The molecule has 3 rings (SSSR count). The second-order valence-corrected chi connectivity index (χ2v) is 11.0. The fraction of sp³-hybridized carbons (Fsp3) is 0.720. The predicted molar refractivity (Wildman–Crippen MR) is 126 cm³/mol. The summed E-state index contributed by atoms with van der Waals surface area (Å²) in [5, 5.41) is 12.8. The third kappa shape index (κ3) is 7.28. The minimum atomic E-state index is -0.712. The number of rotatable bonds is 10. The molecule has 1 aliphatic carbocycles. The zero-order chi connectivity index (χ0) is 21.5. The van der Waals surface area contributed by atoms with E-state index in [2.05, 4.69) is 41.4 Å². The van der Waals surface area contributed by atoms with Crippen LogP contribution in [0.1, 0.15) is 57.9 Å².